The number of likely N-dealkylation sites (tertiary alicyclic amines) is 1. The summed E-state index contributed by atoms with van der Waals surface area (Å²) in [5.74, 6) is 0.428. The summed E-state index contributed by atoms with van der Waals surface area (Å²) in [5.41, 5.74) is 0.827. The van der Waals surface area contributed by atoms with Gasteiger partial charge in [-0.1, -0.05) is 18.2 Å². The Balaban J connectivity index is 1.68. The first kappa shape index (κ1) is 21.7. The van der Waals surface area contributed by atoms with Gasteiger partial charge in [0.2, 0.25) is 15.9 Å². The molecule has 0 unspecified atom stereocenters. The first-order valence-electron chi connectivity index (χ1n) is 10.4. The number of pyridine rings is 1. The maximum atomic E-state index is 13.7. The van der Waals surface area contributed by atoms with E-state index in [1.54, 1.807) is 60.0 Å². The molecule has 166 valence electrons. The Morgan fingerprint density at radius 1 is 1.16 bits per heavy atom. The fourth-order valence-electron chi connectivity index (χ4n) is 4.17. The molecule has 0 aliphatic carbocycles. The summed E-state index contributed by atoms with van der Waals surface area (Å²) in [5, 5.41) is 0. The van der Waals surface area contributed by atoms with Crippen molar-refractivity contribution in [3.05, 3.63) is 54.4 Å². The Morgan fingerprint density at radius 2 is 1.94 bits per heavy atom. The van der Waals surface area contributed by atoms with Gasteiger partial charge in [0.25, 0.3) is 0 Å². The average Bonchev–Trinajstić information content (AvgIpc) is 2.99. The highest BCUT2D eigenvalue weighted by atomic mass is 32.2. The van der Waals surface area contributed by atoms with Crippen molar-refractivity contribution in [2.24, 2.45) is 0 Å². The summed E-state index contributed by atoms with van der Waals surface area (Å²) in [7, 11) is -0.286. The number of carbonyl (C=O) groups is 1. The molecule has 4 rings (SSSR count). The van der Waals surface area contributed by atoms with Crippen LogP contribution in [0.25, 0.3) is 0 Å². The number of hydrogen-bond donors (Lipinski definition) is 0. The molecular weight excluding hydrogens is 416 g/mol. The monoisotopic (exact) mass is 444 g/mol. The number of fused-ring (bicyclic) bond motifs is 2. The van der Waals surface area contributed by atoms with Gasteiger partial charge >= 0.3 is 0 Å². The maximum Gasteiger partial charge on any atom is 0.247 e. The molecular formula is C22H28N4O4S. The van der Waals surface area contributed by atoms with E-state index in [1.165, 1.54) is 0 Å². The molecule has 3 heterocycles. The highest BCUT2D eigenvalue weighted by Crippen LogP contribution is 2.37. The van der Waals surface area contributed by atoms with Crippen molar-refractivity contribution in [3.63, 3.8) is 0 Å². The minimum Gasteiger partial charge on any atom is -0.487 e. The second-order valence-electron chi connectivity index (χ2n) is 8.22. The van der Waals surface area contributed by atoms with Crippen LogP contribution in [-0.2, 0) is 21.4 Å². The highest BCUT2D eigenvalue weighted by molar-refractivity contribution is 7.89. The Morgan fingerprint density at radius 3 is 2.68 bits per heavy atom. The predicted molar refractivity (Wildman–Crippen MR) is 116 cm³/mol. The van der Waals surface area contributed by atoms with E-state index in [1.807, 2.05) is 12.1 Å². The van der Waals surface area contributed by atoms with E-state index in [9.17, 15) is 13.2 Å². The number of likely N-dealkylation sites (N-methyl/N-ethyl adjacent to an activating group) is 1. The van der Waals surface area contributed by atoms with Crippen molar-refractivity contribution >= 4 is 15.9 Å². The predicted octanol–water partition coefficient (Wildman–Crippen LogP) is 1.59. The molecule has 0 saturated carbocycles. The topological polar surface area (TPSA) is 83.0 Å². The SMILES string of the molecule is CN(C)C(=O)CN1CC[C@@H]2Oc3ccccc3S(=O)(=O)N(Cc3cccnc3)[C@H]2CC1. The van der Waals surface area contributed by atoms with Crippen LogP contribution in [0, 0.1) is 0 Å². The van der Waals surface area contributed by atoms with E-state index in [0.717, 1.165) is 5.56 Å². The van der Waals surface area contributed by atoms with E-state index >= 15 is 0 Å². The van der Waals surface area contributed by atoms with Crippen LogP contribution < -0.4 is 4.74 Å². The lowest BCUT2D eigenvalue weighted by atomic mass is 10.1. The summed E-state index contributed by atoms with van der Waals surface area (Å²) in [6, 6.07) is 10.2. The summed E-state index contributed by atoms with van der Waals surface area (Å²) in [6.07, 6.45) is 4.29. The average molecular weight is 445 g/mol. The van der Waals surface area contributed by atoms with Crippen molar-refractivity contribution in [2.75, 3.05) is 33.7 Å². The van der Waals surface area contributed by atoms with Gasteiger partial charge in [-0.3, -0.25) is 14.7 Å². The minimum absolute atomic E-state index is 0.0354. The smallest absolute Gasteiger partial charge is 0.247 e. The molecule has 0 spiro atoms. The zero-order chi connectivity index (χ0) is 22.0. The number of sulfonamides is 1. The van der Waals surface area contributed by atoms with E-state index < -0.39 is 10.0 Å². The van der Waals surface area contributed by atoms with E-state index in [2.05, 4.69) is 9.88 Å². The first-order chi connectivity index (χ1) is 14.9. The van der Waals surface area contributed by atoms with Crippen LogP contribution in [0.5, 0.6) is 5.75 Å². The van der Waals surface area contributed by atoms with Crippen LogP contribution in [0.4, 0.5) is 0 Å². The number of para-hydroxylation sites is 1. The molecule has 2 atom stereocenters. The first-order valence-corrected chi connectivity index (χ1v) is 11.9. The van der Waals surface area contributed by atoms with Gasteiger partial charge in [-0.05, 0) is 36.6 Å². The number of hydrogen-bond acceptors (Lipinski definition) is 6. The summed E-state index contributed by atoms with van der Waals surface area (Å²) in [4.78, 5) is 20.2. The second kappa shape index (κ2) is 8.94. The van der Waals surface area contributed by atoms with Crippen LogP contribution in [0.3, 0.4) is 0 Å². The number of ether oxygens (including phenoxy) is 1. The molecule has 0 radical (unpaired) electrons. The molecule has 0 N–H and O–H groups in total. The number of carbonyl (C=O) groups excluding carboxylic acids is 1. The maximum absolute atomic E-state index is 13.7. The Bertz CT molecular complexity index is 1030. The Hall–Kier alpha value is -2.49. The highest BCUT2D eigenvalue weighted by Gasteiger charge is 2.43. The van der Waals surface area contributed by atoms with Gasteiger partial charge in [0.05, 0.1) is 12.6 Å². The lowest BCUT2D eigenvalue weighted by Gasteiger charge is -2.31. The normalized spacial score (nSPS) is 23.5. The summed E-state index contributed by atoms with van der Waals surface area (Å²) >= 11 is 0. The van der Waals surface area contributed by atoms with Crippen LogP contribution in [0.1, 0.15) is 18.4 Å². The van der Waals surface area contributed by atoms with Crippen molar-refractivity contribution in [3.8, 4) is 5.75 Å². The standard InChI is InChI=1S/C22H28N4O4S/c1-24(2)22(27)16-25-12-9-18-19(10-13-25)30-20-7-3-4-8-21(20)31(28,29)26(18)15-17-6-5-11-23-14-17/h3-8,11,14,18-19H,9-10,12-13,15-16H2,1-2H3/t18-,19-/m0/s1. The molecule has 2 aliphatic heterocycles. The van der Waals surface area contributed by atoms with Gasteiger partial charge in [0, 0.05) is 46.1 Å². The zero-order valence-corrected chi connectivity index (χ0v) is 18.7. The van der Waals surface area contributed by atoms with Crippen LogP contribution in [0.2, 0.25) is 0 Å². The largest absolute Gasteiger partial charge is 0.487 e. The van der Waals surface area contributed by atoms with Gasteiger partial charge in [0.1, 0.15) is 16.7 Å². The molecule has 2 aromatic rings. The van der Waals surface area contributed by atoms with Gasteiger partial charge in [-0.25, -0.2) is 8.42 Å². The second-order valence-corrected chi connectivity index (χ2v) is 10.1. The van der Waals surface area contributed by atoms with E-state index in [-0.39, 0.29) is 29.5 Å². The third kappa shape index (κ3) is 4.58. The lowest BCUT2D eigenvalue weighted by Crippen LogP contribution is -2.46. The molecule has 9 heteroatoms. The number of aromatic nitrogens is 1. The quantitative estimate of drug-likeness (QED) is 0.712. The molecule has 8 nitrogen and oxygen atoms in total. The molecule has 0 bridgehead atoms. The Kier molecular flexibility index (Phi) is 6.27. The van der Waals surface area contributed by atoms with Gasteiger partial charge in [0.15, 0.2) is 0 Å². The lowest BCUT2D eigenvalue weighted by molar-refractivity contribution is -0.129. The van der Waals surface area contributed by atoms with Crippen LogP contribution >= 0.6 is 0 Å². The van der Waals surface area contributed by atoms with Crippen molar-refractivity contribution in [2.45, 2.75) is 36.4 Å². The summed E-state index contributed by atoms with van der Waals surface area (Å²) < 4.78 is 35.2. The van der Waals surface area contributed by atoms with Gasteiger partial charge in [-0.15, -0.1) is 0 Å². The Labute approximate surface area is 183 Å². The molecule has 1 aromatic heterocycles. The van der Waals surface area contributed by atoms with Gasteiger partial charge in [-0.2, -0.15) is 4.31 Å². The minimum atomic E-state index is -3.77. The van der Waals surface area contributed by atoms with E-state index in [4.69, 9.17) is 4.74 Å². The number of benzene rings is 1. The molecule has 31 heavy (non-hydrogen) atoms. The third-order valence-corrected chi connectivity index (χ3v) is 7.81. The van der Waals surface area contributed by atoms with Gasteiger partial charge < -0.3 is 9.64 Å². The van der Waals surface area contributed by atoms with Crippen LogP contribution in [0.15, 0.2) is 53.7 Å². The molecule has 1 fully saturated rings. The number of nitrogens with zero attached hydrogens (tertiary/aromatic N) is 4. The molecule has 1 saturated heterocycles. The van der Waals surface area contributed by atoms with Crippen LogP contribution in [-0.4, -0.2) is 79.3 Å². The van der Waals surface area contributed by atoms with E-state index in [0.29, 0.717) is 38.2 Å². The van der Waals surface area contributed by atoms with Crippen molar-refractivity contribution in [1.29, 1.82) is 0 Å². The summed E-state index contributed by atoms with van der Waals surface area (Å²) in [6.45, 7) is 1.84. The molecule has 1 amide bonds. The molecule has 2 aliphatic rings. The number of rotatable bonds is 4. The fraction of sp³-hybridized carbons (Fsp3) is 0.455. The number of amides is 1. The third-order valence-electron chi connectivity index (χ3n) is 5.90. The van der Waals surface area contributed by atoms with Crippen molar-refractivity contribution < 1.29 is 17.9 Å². The fourth-order valence-corrected chi connectivity index (χ4v) is 5.96. The van der Waals surface area contributed by atoms with Crippen molar-refractivity contribution in [1.82, 2.24) is 19.1 Å². The molecule has 1 aromatic carbocycles. The zero-order valence-electron chi connectivity index (χ0n) is 17.8.